The topological polar surface area (TPSA) is 63.0 Å². The molecule has 0 radical (unpaired) electrons. The van der Waals surface area contributed by atoms with Gasteiger partial charge in [0.15, 0.2) is 0 Å². The largest absolute Gasteiger partial charge is 0.289 e. The summed E-state index contributed by atoms with van der Waals surface area (Å²) in [7, 11) is 0. The molecule has 23 heavy (non-hydrogen) atoms. The zero-order chi connectivity index (χ0) is 16.0. The SMILES string of the molecule is O=c1[nH]c2nc3c(nn2/c1=C\c1ccc(Cl)cc1Cl)CCCC=3. The summed E-state index contributed by atoms with van der Waals surface area (Å²) < 4.78 is 1.55. The van der Waals surface area contributed by atoms with Gasteiger partial charge in [0.2, 0.25) is 5.78 Å². The van der Waals surface area contributed by atoms with Crippen LogP contribution in [0.1, 0.15) is 24.1 Å². The van der Waals surface area contributed by atoms with Crippen molar-refractivity contribution in [1.29, 1.82) is 0 Å². The van der Waals surface area contributed by atoms with E-state index in [1.807, 2.05) is 0 Å². The van der Waals surface area contributed by atoms with Crippen molar-refractivity contribution in [3.05, 3.63) is 60.6 Å². The zero-order valence-electron chi connectivity index (χ0n) is 12.0. The van der Waals surface area contributed by atoms with E-state index >= 15 is 0 Å². The van der Waals surface area contributed by atoms with Crippen LogP contribution in [0.3, 0.4) is 0 Å². The molecule has 1 aliphatic carbocycles. The highest BCUT2D eigenvalue weighted by Crippen LogP contribution is 2.21. The maximum absolute atomic E-state index is 12.3. The Morgan fingerprint density at radius 1 is 1.30 bits per heavy atom. The van der Waals surface area contributed by atoms with E-state index in [0.29, 0.717) is 26.7 Å². The quantitative estimate of drug-likeness (QED) is 0.728. The number of aryl methyl sites for hydroxylation is 1. The standard InChI is InChI=1S/C16H12Cl2N4O/c17-10-6-5-9(11(18)8-10)7-14-15(23)20-16-19-12-3-1-2-4-13(12)21-22(14)16/h3,5-8H,1-2,4H2,(H,19,20,23)/b14-7-. The smallest absolute Gasteiger partial charge is 0.276 e. The fourth-order valence-corrected chi connectivity index (χ4v) is 3.16. The summed E-state index contributed by atoms with van der Waals surface area (Å²) >= 11 is 12.1. The van der Waals surface area contributed by atoms with Gasteiger partial charge in [-0.05, 0) is 43.0 Å². The first-order valence-electron chi connectivity index (χ1n) is 7.27. The normalized spacial score (nSPS) is 14.8. The molecule has 0 bridgehead atoms. The van der Waals surface area contributed by atoms with Gasteiger partial charge in [-0.25, -0.2) is 4.98 Å². The van der Waals surface area contributed by atoms with E-state index in [-0.39, 0.29) is 5.56 Å². The predicted molar refractivity (Wildman–Crippen MR) is 90.3 cm³/mol. The Bertz CT molecular complexity index is 1100. The lowest BCUT2D eigenvalue weighted by Crippen LogP contribution is -2.30. The number of hydrogen-bond donors (Lipinski definition) is 1. The van der Waals surface area contributed by atoms with Crippen LogP contribution in [0.2, 0.25) is 10.0 Å². The van der Waals surface area contributed by atoms with E-state index in [1.165, 1.54) is 0 Å². The monoisotopic (exact) mass is 346 g/mol. The summed E-state index contributed by atoms with van der Waals surface area (Å²) in [6, 6.07) is 5.14. The number of nitrogens with zero attached hydrogens (tertiary/aromatic N) is 3. The Hall–Kier alpha value is -2.11. The van der Waals surface area contributed by atoms with Gasteiger partial charge in [0.25, 0.3) is 5.56 Å². The third-order valence-corrected chi connectivity index (χ3v) is 4.40. The Balaban J connectivity index is 2.02. The van der Waals surface area contributed by atoms with Gasteiger partial charge in [-0.3, -0.25) is 9.78 Å². The summed E-state index contributed by atoms with van der Waals surface area (Å²) in [5.41, 5.74) is 1.36. The molecule has 7 heteroatoms. The number of imidazole rings is 1. The molecule has 0 saturated carbocycles. The molecule has 2 heterocycles. The number of aromatic nitrogens is 4. The molecule has 1 aliphatic rings. The van der Waals surface area contributed by atoms with Gasteiger partial charge in [0.1, 0.15) is 5.35 Å². The van der Waals surface area contributed by atoms with Crippen molar-refractivity contribution in [2.75, 3.05) is 0 Å². The minimum absolute atomic E-state index is 0.252. The molecule has 0 atom stereocenters. The first-order chi connectivity index (χ1) is 11.1. The van der Waals surface area contributed by atoms with Crippen LogP contribution in [0.15, 0.2) is 23.0 Å². The summed E-state index contributed by atoms with van der Waals surface area (Å²) in [6.07, 6.45) is 6.64. The lowest BCUT2D eigenvalue weighted by atomic mass is 10.1. The number of aromatic amines is 1. The maximum atomic E-state index is 12.3. The first kappa shape index (κ1) is 14.5. The maximum Gasteiger partial charge on any atom is 0.276 e. The molecule has 1 N–H and O–H groups in total. The molecule has 5 nitrogen and oxygen atoms in total. The van der Waals surface area contributed by atoms with Gasteiger partial charge in [-0.2, -0.15) is 9.61 Å². The molecular weight excluding hydrogens is 335 g/mol. The molecule has 0 saturated heterocycles. The number of halogens is 2. The number of hydrogen-bond acceptors (Lipinski definition) is 3. The molecule has 0 spiro atoms. The second-order valence-corrected chi connectivity index (χ2v) is 6.27. The van der Waals surface area contributed by atoms with Crippen LogP contribution in [0.4, 0.5) is 0 Å². The first-order valence-corrected chi connectivity index (χ1v) is 8.02. The predicted octanol–water partition coefficient (Wildman–Crippen LogP) is 1.67. The van der Waals surface area contributed by atoms with Crippen molar-refractivity contribution < 1.29 is 0 Å². The molecule has 0 fully saturated rings. The highest BCUT2D eigenvalue weighted by Gasteiger charge is 2.10. The molecule has 4 rings (SSSR count). The van der Waals surface area contributed by atoms with Crippen molar-refractivity contribution in [3.8, 4) is 0 Å². The van der Waals surface area contributed by atoms with Gasteiger partial charge in [0, 0.05) is 10.0 Å². The van der Waals surface area contributed by atoms with Gasteiger partial charge < -0.3 is 0 Å². The molecule has 1 aromatic carbocycles. The van der Waals surface area contributed by atoms with E-state index in [1.54, 1.807) is 28.8 Å². The van der Waals surface area contributed by atoms with E-state index in [2.05, 4.69) is 21.1 Å². The van der Waals surface area contributed by atoms with Gasteiger partial charge in [-0.1, -0.05) is 35.3 Å². The molecule has 0 unspecified atom stereocenters. The molecule has 3 aromatic rings. The minimum Gasteiger partial charge on any atom is -0.289 e. The summed E-state index contributed by atoms with van der Waals surface area (Å²) in [6.45, 7) is 0. The second kappa shape index (κ2) is 5.51. The molecule has 116 valence electrons. The van der Waals surface area contributed by atoms with Crippen molar-refractivity contribution in [2.24, 2.45) is 0 Å². The van der Waals surface area contributed by atoms with Crippen LogP contribution < -0.4 is 16.3 Å². The average molecular weight is 347 g/mol. The van der Waals surface area contributed by atoms with Crippen LogP contribution in [-0.2, 0) is 6.42 Å². The van der Waals surface area contributed by atoms with Crippen molar-refractivity contribution in [3.63, 3.8) is 0 Å². The molecule has 0 amide bonds. The van der Waals surface area contributed by atoms with Crippen LogP contribution in [-0.4, -0.2) is 19.6 Å². The number of H-pyrrole nitrogens is 1. The van der Waals surface area contributed by atoms with Crippen molar-refractivity contribution in [2.45, 2.75) is 19.3 Å². The summed E-state index contributed by atoms with van der Waals surface area (Å²) in [5.74, 6) is 0.434. The third-order valence-electron chi connectivity index (χ3n) is 3.84. The number of fused-ring (bicyclic) bond motifs is 2. The average Bonchev–Trinajstić information content (AvgIpc) is 2.82. The molecule has 0 aliphatic heterocycles. The van der Waals surface area contributed by atoms with E-state index in [9.17, 15) is 4.79 Å². The van der Waals surface area contributed by atoms with Crippen molar-refractivity contribution in [1.82, 2.24) is 19.6 Å². The Kier molecular flexibility index (Phi) is 3.47. The van der Waals surface area contributed by atoms with Crippen molar-refractivity contribution >= 4 is 41.1 Å². The van der Waals surface area contributed by atoms with E-state index in [0.717, 1.165) is 30.3 Å². The van der Waals surface area contributed by atoms with E-state index in [4.69, 9.17) is 23.2 Å². The lowest BCUT2D eigenvalue weighted by molar-refractivity contribution is 0.730. The second-order valence-electron chi connectivity index (χ2n) is 5.43. The van der Waals surface area contributed by atoms with Gasteiger partial charge in [-0.15, -0.1) is 0 Å². The van der Waals surface area contributed by atoms with Crippen LogP contribution in [0, 0.1) is 0 Å². The summed E-state index contributed by atoms with van der Waals surface area (Å²) in [5, 5.41) is 6.84. The van der Waals surface area contributed by atoms with Crippen LogP contribution in [0.5, 0.6) is 0 Å². The summed E-state index contributed by atoms with van der Waals surface area (Å²) in [4.78, 5) is 19.5. The Labute approximate surface area is 140 Å². The lowest BCUT2D eigenvalue weighted by Gasteiger charge is -2.06. The molecule has 2 aromatic heterocycles. The highest BCUT2D eigenvalue weighted by molar-refractivity contribution is 6.35. The molecular formula is C16H12Cl2N4O. The van der Waals surface area contributed by atoms with Gasteiger partial charge in [0.05, 0.1) is 11.0 Å². The fourth-order valence-electron chi connectivity index (χ4n) is 2.70. The Morgan fingerprint density at radius 3 is 3.00 bits per heavy atom. The fraction of sp³-hybridized carbons (Fsp3) is 0.188. The van der Waals surface area contributed by atoms with Crippen LogP contribution in [0.25, 0.3) is 17.9 Å². The highest BCUT2D eigenvalue weighted by atomic mass is 35.5. The zero-order valence-corrected chi connectivity index (χ0v) is 13.5. The van der Waals surface area contributed by atoms with E-state index < -0.39 is 0 Å². The minimum atomic E-state index is -0.252. The third kappa shape index (κ3) is 2.56. The number of rotatable bonds is 1. The number of benzene rings is 1. The number of nitrogens with one attached hydrogen (secondary N) is 1. The van der Waals surface area contributed by atoms with Gasteiger partial charge >= 0.3 is 0 Å². The van der Waals surface area contributed by atoms with Crippen LogP contribution >= 0.6 is 23.2 Å². The Morgan fingerprint density at radius 2 is 2.17 bits per heavy atom.